The van der Waals surface area contributed by atoms with E-state index in [1.165, 1.54) is 19.3 Å². The third kappa shape index (κ3) is 2.86. The predicted molar refractivity (Wildman–Crippen MR) is 85.6 cm³/mol. The van der Waals surface area contributed by atoms with Gasteiger partial charge in [-0.2, -0.15) is 0 Å². The first kappa shape index (κ1) is 15.0. The number of imidazole rings is 1. The molecule has 1 saturated heterocycles. The molecule has 0 saturated carbocycles. The van der Waals surface area contributed by atoms with Crippen LogP contribution in [0.5, 0.6) is 0 Å². The van der Waals surface area contributed by atoms with Crippen molar-refractivity contribution in [3.05, 3.63) is 29.6 Å². The number of rotatable bonds is 2. The molecule has 0 aliphatic carbocycles. The molecule has 1 N–H and O–H groups in total. The Kier molecular flexibility index (Phi) is 4.43. The zero-order valence-corrected chi connectivity index (χ0v) is 13.1. The highest BCUT2D eigenvalue weighted by Gasteiger charge is 2.18. The lowest BCUT2D eigenvalue weighted by Crippen LogP contribution is -2.33. The van der Waals surface area contributed by atoms with Gasteiger partial charge < -0.3 is 14.6 Å². The molecule has 1 aromatic heterocycles. The van der Waals surface area contributed by atoms with Crippen LogP contribution in [0, 0.1) is 0 Å². The Morgan fingerprint density at radius 1 is 1.18 bits per heavy atom. The number of aryl methyl sites for hydroxylation is 1. The number of aliphatic hydroxyl groups is 1. The van der Waals surface area contributed by atoms with Crippen LogP contribution in [0.2, 0.25) is 0 Å². The monoisotopic (exact) mass is 301 g/mol. The number of hydrogen-bond donors (Lipinski definition) is 1. The van der Waals surface area contributed by atoms with E-state index in [4.69, 9.17) is 0 Å². The highest BCUT2D eigenvalue weighted by atomic mass is 16.3. The van der Waals surface area contributed by atoms with Crippen LogP contribution >= 0.6 is 0 Å². The molecule has 3 rings (SSSR count). The van der Waals surface area contributed by atoms with Gasteiger partial charge in [0.2, 0.25) is 0 Å². The van der Waals surface area contributed by atoms with Gasteiger partial charge in [0.1, 0.15) is 12.4 Å². The average molecular weight is 301 g/mol. The van der Waals surface area contributed by atoms with E-state index in [9.17, 15) is 9.90 Å². The van der Waals surface area contributed by atoms with Crippen LogP contribution in [0.25, 0.3) is 11.0 Å². The SMILES string of the molecule is Cn1c(CO)nc2cc(C(=O)N3CCCCCCC3)ccc21. The molecule has 5 heteroatoms. The minimum absolute atomic E-state index is 0.0966. The number of fused-ring (bicyclic) bond motifs is 1. The summed E-state index contributed by atoms with van der Waals surface area (Å²) in [5.41, 5.74) is 2.40. The topological polar surface area (TPSA) is 58.4 Å². The number of benzene rings is 1. The van der Waals surface area contributed by atoms with E-state index in [1.807, 2.05) is 34.7 Å². The molecule has 0 radical (unpaired) electrons. The number of likely N-dealkylation sites (tertiary alicyclic amines) is 1. The van der Waals surface area contributed by atoms with Gasteiger partial charge >= 0.3 is 0 Å². The fourth-order valence-electron chi connectivity index (χ4n) is 3.16. The van der Waals surface area contributed by atoms with Crippen molar-refractivity contribution in [1.29, 1.82) is 0 Å². The van der Waals surface area contributed by atoms with Gasteiger partial charge in [0.05, 0.1) is 11.0 Å². The standard InChI is InChI=1S/C17H23N3O2/c1-19-15-8-7-13(11-14(15)18-16(19)12-21)17(22)20-9-5-3-2-4-6-10-20/h7-8,11,21H,2-6,9-10,12H2,1H3. The average Bonchev–Trinajstić information content (AvgIpc) is 2.82. The molecule has 1 aliphatic rings. The Hall–Kier alpha value is -1.88. The number of carbonyl (C=O) groups excluding carboxylic acids is 1. The van der Waals surface area contributed by atoms with Gasteiger partial charge in [-0.15, -0.1) is 0 Å². The maximum atomic E-state index is 12.7. The minimum atomic E-state index is -0.0966. The normalized spacial score (nSPS) is 16.5. The lowest BCUT2D eigenvalue weighted by Gasteiger charge is -2.24. The Morgan fingerprint density at radius 2 is 1.86 bits per heavy atom. The van der Waals surface area contributed by atoms with Crippen molar-refractivity contribution in [1.82, 2.24) is 14.5 Å². The maximum Gasteiger partial charge on any atom is 0.253 e. The number of aliphatic hydroxyl groups excluding tert-OH is 1. The Bertz CT molecular complexity index is 670. The molecular weight excluding hydrogens is 278 g/mol. The van der Waals surface area contributed by atoms with E-state index < -0.39 is 0 Å². The van der Waals surface area contributed by atoms with Crippen LogP contribution in [0.4, 0.5) is 0 Å². The third-order valence-corrected chi connectivity index (χ3v) is 4.51. The summed E-state index contributed by atoms with van der Waals surface area (Å²) in [6, 6.07) is 5.63. The van der Waals surface area contributed by atoms with Crippen LogP contribution < -0.4 is 0 Å². The molecule has 2 aromatic rings. The number of carbonyl (C=O) groups is 1. The van der Waals surface area contributed by atoms with Gasteiger partial charge in [-0.25, -0.2) is 4.98 Å². The van der Waals surface area contributed by atoms with E-state index in [1.54, 1.807) is 0 Å². The fraction of sp³-hybridized carbons (Fsp3) is 0.529. The van der Waals surface area contributed by atoms with E-state index >= 15 is 0 Å². The Labute approximate surface area is 130 Å². The molecule has 1 aliphatic heterocycles. The first-order valence-corrected chi connectivity index (χ1v) is 8.06. The van der Waals surface area contributed by atoms with E-state index in [-0.39, 0.29) is 12.5 Å². The first-order valence-electron chi connectivity index (χ1n) is 8.06. The quantitative estimate of drug-likeness (QED) is 0.927. The highest BCUT2D eigenvalue weighted by Crippen LogP contribution is 2.19. The molecule has 0 atom stereocenters. The van der Waals surface area contributed by atoms with E-state index in [2.05, 4.69) is 4.98 Å². The molecule has 0 unspecified atom stereocenters. The van der Waals surface area contributed by atoms with Crippen LogP contribution in [0.15, 0.2) is 18.2 Å². The van der Waals surface area contributed by atoms with Crippen molar-refractivity contribution in [3.63, 3.8) is 0 Å². The summed E-state index contributed by atoms with van der Waals surface area (Å²) in [6.45, 7) is 1.60. The Morgan fingerprint density at radius 3 is 2.55 bits per heavy atom. The summed E-state index contributed by atoms with van der Waals surface area (Å²) < 4.78 is 1.86. The summed E-state index contributed by atoms with van der Waals surface area (Å²) >= 11 is 0. The number of nitrogens with zero attached hydrogens (tertiary/aromatic N) is 3. The summed E-state index contributed by atoms with van der Waals surface area (Å²) in [6.07, 6.45) is 5.89. The summed E-state index contributed by atoms with van der Waals surface area (Å²) in [7, 11) is 1.88. The number of aromatic nitrogens is 2. The van der Waals surface area contributed by atoms with Crippen molar-refractivity contribution in [3.8, 4) is 0 Å². The zero-order chi connectivity index (χ0) is 15.5. The minimum Gasteiger partial charge on any atom is -0.388 e. The molecule has 1 fully saturated rings. The van der Waals surface area contributed by atoms with E-state index in [0.717, 1.165) is 37.0 Å². The molecule has 1 aromatic carbocycles. The van der Waals surface area contributed by atoms with Crippen molar-refractivity contribution < 1.29 is 9.90 Å². The van der Waals surface area contributed by atoms with Crippen molar-refractivity contribution in [2.24, 2.45) is 7.05 Å². The lowest BCUT2D eigenvalue weighted by molar-refractivity contribution is 0.0742. The second-order valence-corrected chi connectivity index (χ2v) is 6.01. The number of hydrogen-bond acceptors (Lipinski definition) is 3. The van der Waals surface area contributed by atoms with Gasteiger partial charge in [-0.1, -0.05) is 19.3 Å². The van der Waals surface area contributed by atoms with Gasteiger partial charge in [0, 0.05) is 25.7 Å². The predicted octanol–water partition coefficient (Wildman–Crippen LogP) is 2.47. The third-order valence-electron chi connectivity index (χ3n) is 4.51. The second-order valence-electron chi connectivity index (χ2n) is 6.01. The Balaban J connectivity index is 1.86. The van der Waals surface area contributed by atoms with Crippen molar-refractivity contribution >= 4 is 16.9 Å². The molecule has 1 amide bonds. The van der Waals surface area contributed by atoms with Crippen molar-refractivity contribution in [2.45, 2.75) is 38.7 Å². The van der Waals surface area contributed by atoms with Gasteiger partial charge in [-0.05, 0) is 31.0 Å². The largest absolute Gasteiger partial charge is 0.388 e. The molecule has 22 heavy (non-hydrogen) atoms. The molecule has 0 bridgehead atoms. The molecule has 2 heterocycles. The highest BCUT2D eigenvalue weighted by molar-refractivity contribution is 5.97. The van der Waals surface area contributed by atoms with Gasteiger partial charge in [0.15, 0.2) is 0 Å². The van der Waals surface area contributed by atoms with Crippen LogP contribution in [0.1, 0.15) is 48.3 Å². The molecule has 118 valence electrons. The van der Waals surface area contributed by atoms with Crippen LogP contribution in [-0.4, -0.2) is 38.6 Å². The second kappa shape index (κ2) is 6.48. The summed E-state index contributed by atoms with van der Waals surface area (Å²) in [5, 5.41) is 9.30. The summed E-state index contributed by atoms with van der Waals surface area (Å²) in [4.78, 5) is 19.1. The maximum absolute atomic E-state index is 12.7. The van der Waals surface area contributed by atoms with Crippen LogP contribution in [-0.2, 0) is 13.7 Å². The van der Waals surface area contributed by atoms with Crippen molar-refractivity contribution in [2.75, 3.05) is 13.1 Å². The molecule has 5 nitrogen and oxygen atoms in total. The lowest BCUT2D eigenvalue weighted by atomic mass is 10.1. The smallest absolute Gasteiger partial charge is 0.253 e. The molecule has 0 spiro atoms. The summed E-state index contributed by atoms with van der Waals surface area (Å²) in [5.74, 6) is 0.714. The van der Waals surface area contributed by atoms with Gasteiger partial charge in [0.25, 0.3) is 5.91 Å². The fourth-order valence-corrected chi connectivity index (χ4v) is 3.16. The van der Waals surface area contributed by atoms with Gasteiger partial charge in [-0.3, -0.25) is 4.79 Å². The zero-order valence-electron chi connectivity index (χ0n) is 13.1. The van der Waals surface area contributed by atoms with Crippen LogP contribution in [0.3, 0.4) is 0 Å². The van der Waals surface area contributed by atoms with E-state index in [0.29, 0.717) is 11.4 Å². The first-order chi connectivity index (χ1) is 10.7. The molecular formula is C17H23N3O2. The number of amides is 1.